The lowest BCUT2D eigenvalue weighted by molar-refractivity contribution is 0.255. The standard InChI is InChI=1S/C19H28FN3O/c1-14-6-7-17(20)15(10-14)13-24-18-11-16(12-21-5)22-23(18)9-8-19(2,3)4/h6-7,10-11,21H,8-9,12-13H2,1-5H3. The molecule has 0 atom stereocenters. The predicted molar refractivity (Wildman–Crippen MR) is 94.5 cm³/mol. The summed E-state index contributed by atoms with van der Waals surface area (Å²) in [5, 5.41) is 7.69. The molecule has 0 saturated heterocycles. The zero-order valence-corrected chi connectivity index (χ0v) is 15.3. The minimum absolute atomic E-state index is 0.202. The predicted octanol–water partition coefficient (Wildman–Crippen LogP) is 4.07. The molecule has 1 aromatic carbocycles. The summed E-state index contributed by atoms with van der Waals surface area (Å²) in [5.74, 6) is 0.446. The van der Waals surface area contributed by atoms with Crippen molar-refractivity contribution in [1.82, 2.24) is 15.1 Å². The van der Waals surface area contributed by atoms with E-state index in [1.54, 1.807) is 6.07 Å². The number of rotatable bonds is 7. The molecule has 0 saturated carbocycles. The Balaban J connectivity index is 2.13. The maximum absolute atomic E-state index is 13.9. The monoisotopic (exact) mass is 333 g/mol. The van der Waals surface area contributed by atoms with E-state index in [1.165, 1.54) is 6.07 Å². The molecule has 0 aliphatic rings. The molecule has 5 heteroatoms. The first-order chi connectivity index (χ1) is 11.3. The van der Waals surface area contributed by atoms with Crippen LogP contribution in [0.3, 0.4) is 0 Å². The molecule has 2 rings (SSSR count). The molecule has 0 spiro atoms. The second kappa shape index (κ2) is 7.79. The van der Waals surface area contributed by atoms with E-state index in [1.807, 2.05) is 30.8 Å². The van der Waals surface area contributed by atoms with Gasteiger partial charge in [0.15, 0.2) is 0 Å². The molecule has 24 heavy (non-hydrogen) atoms. The molecule has 0 fully saturated rings. The molecule has 0 aliphatic carbocycles. The van der Waals surface area contributed by atoms with Crippen molar-refractivity contribution in [2.24, 2.45) is 5.41 Å². The van der Waals surface area contributed by atoms with E-state index in [0.717, 1.165) is 24.2 Å². The number of ether oxygens (including phenoxy) is 1. The van der Waals surface area contributed by atoms with Crippen molar-refractivity contribution < 1.29 is 9.13 Å². The molecule has 1 N–H and O–H groups in total. The van der Waals surface area contributed by atoms with Gasteiger partial charge in [-0.3, -0.25) is 0 Å². The highest BCUT2D eigenvalue weighted by Gasteiger charge is 2.15. The van der Waals surface area contributed by atoms with Crippen LogP contribution in [0.2, 0.25) is 0 Å². The van der Waals surface area contributed by atoms with Crippen molar-refractivity contribution in [2.75, 3.05) is 7.05 Å². The van der Waals surface area contributed by atoms with E-state index < -0.39 is 0 Å². The number of nitrogens with zero attached hydrogens (tertiary/aromatic N) is 2. The largest absolute Gasteiger partial charge is 0.473 e. The third kappa shape index (κ3) is 5.34. The molecule has 0 bridgehead atoms. The smallest absolute Gasteiger partial charge is 0.212 e. The van der Waals surface area contributed by atoms with Gasteiger partial charge in [-0.1, -0.05) is 32.4 Å². The summed E-state index contributed by atoms with van der Waals surface area (Å²) in [6.07, 6.45) is 0.989. The fourth-order valence-electron chi connectivity index (χ4n) is 2.40. The quantitative estimate of drug-likeness (QED) is 0.830. The van der Waals surface area contributed by atoms with Gasteiger partial charge in [0.25, 0.3) is 0 Å². The van der Waals surface area contributed by atoms with E-state index in [2.05, 4.69) is 31.2 Å². The van der Waals surface area contributed by atoms with Crippen LogP contribution >= 0.6 is 0 Å². The molecule has 4 nitrogen and oxygen atoms in total. The minimum atomic E-state index is -0.239. The average molecular weight is 333 g/mol. The number of aryl methyl sites for hydroxylation is 2. The second-order valence-electron chi connectivity index (χ2n) is 7.42. The fraction of sp³-hybridized carbons (Fsp3) is 0.526. The van der Waals surface area contributed by atoms with Crippen LogP contribution in [-0.2, 0) is 19.7 Å². The van der Waals surface area contributed by atoms with Gasteiger partial charge in [0.2, 0.25) is 5.88 Å². The van der Waals surface area contributed by atoms with Crippen LogP contribution in [0.15, 0.2) is 24.3 Å². The first-order valence-electron chi connectivity index (χ1n) is 8.37. The zero-order valence-electron chi connectivity index (χ0n) is 15.3. The third-order valence-corrected chi connectivity index (χ3v) is 3.80. The fourth-order valence-corrected chi connectivity index (χ4v) is 2.40. The van der Waals surface area contributed by atoms with Crippen molar-refractivity contribution in [2.45, 2.75) is 53.8 Å². The molecule has 1 aromatic heterocycles. The molecular formula is C19H28FN3O. The summed E-state index contributed by atoms with van der Waals surface area (Å²) in [4.78, 5) is 0. The molecule has 1 heterocycles. The van der Waals surface area contributed by atoms with Gasteiger partial charge in [0, 0.05) is 24.7 Å². The van der Waals surface area contributed by atoms with Gasteiger partial charge < -0.3 is 10.1 Å². The van der Waals surface area contributed by atoms with E-state index in [9.17, 15) is 4.39 Å². The van der Waals surface area contributed by atoms with Gasteiger partial charge in [0.1, 0.15) is 12.4 Å². The van der Waals surface area contributed by atoms with Gasteiger partial charge >= 0.3 is 0 Å². The van der Waals surface area contributed by atoms with E-state index in [4.69, 9.17) is 4.74 Å². The molecule has 0 amide bonds. The Morgan fingerprint density at radius 1 is 1.25 bits per heavy atom. The highest BCUT2D eigenvalue weighted by Crippen LogP contribution is 2.23. The van der Waals surface area contributed by atoms with Gasteiger partial charge in [-0.15, -0.1) is 0 Å². The Kier molecular flexibility index (Phi) is 5.99. The number of nitrogens with one attached hydrogen (secondary N) is 1. The van der Waals surface area contributed by atoms with Crippen LogP contribution < -0.4 is 10.1 Å². The Labute approximate surface area is 144 Å². The molecule has 0 unspecified atom stereocenters. The summed E-state index contributed by atoms with van der Waals surface area (Å²) in [6, 6.07) is 6.99. The van der Waals surface area contributed by atoms with Crippen LogP contribution in [-0.4, -0.2) is 16.8 Å². The van der Waals surface area contributed by atoms with Crippen molar-refractivity contribution in [3.05, 3.63) is 46.9 Å². The average Bonchev–Trinajstić information content (AvgIpc) is 2.88. The normalized spacial score (nSPS) is 11.8. The SMILES string of the molecule is CNCc1cc(OCc2cc(C)ccc2F)n(CCC(C)(C)C)n1. The first-order valence-corrected chi connectivity index (χ1v) is 8.37. The molecule has 0 aliphatic heterocycles. The topological polar surface area (TPSA) is 39.1 Å². The minimum Gasteiger partial charge on any atom is -0.473 e. The maximum Gasteiger partial charge on any atom is 0.212 e. The molecule has 132 valence electrons. The van der Waals surface area contributed by atoms with Gasteiger partial charge in [-0.05, 0) is 37.9 Å². The van der Waals surface area contributed by atoms with E-state index >= 15 is 0 Å². The Morgan fingerprint density at radius 2 is 2.00 bits per heavy atom. The lowest BCUT2D eigenvalue weighted by atomic mass is 9.92. The summed E-state index contributed by atoms with van der Waals surface area (Å²) in [7, 11) is 1.89. The first kappa shape index (κ1) is 18.5. The maximum atomic E-state index is 13.9. The summed E-state index contributed by atoms with van der Waals surface area (Å²) < 4.78 is 21.7. The highest BCUT2D eigenvalue weighted by atomic mass is 19.1. The summed E-state index contributed by atoms with van der Waals surface area (Å²) in [5.41, 5.74) is 2.72. The second-order valence-corrected chi connectivity index (χ2v) is 7.42. The lowest BCUT2D eigenvalue weighted by Crippen LogP contribution is -2.13. The van der Waals surface area contributed by atoms with Crippen LogP contribution in [0, 0.1) is 18.2 Å². The Morgan fingerprint density at radius 3 is 2.67 bits per heavy atom. The van der Waals surface area contributed by atoms with Gasteiger partial charge in [0.05, 0.1) is 5.69 Å². The van der Waals surface area contributed by atoms with Crippen LogP contribution in [0.5, 0.6) is 5.88 Å². The zero-order chi connectivity index (χ0) is 17.7. The number of hydrogen-bond donors (Lipinski definition) is 1. The number of hydrogen-bond acceptors (Lipinski definition) is 3. The summed E-state index contributed by atoms with van der Waals surface area (Å²) >= 11 is 0. The molecule has 0 radical (unpaired) electrons. The Hall–Kier alpha value is -1.88. The van der Waals surface area contributed by atoms with E-state index in [-0.39, 0.29) is 17.8 Å². The van der Waals surface area contributed by atoms with Crippen molar-refractivity contribution in [1.29, 1.82) is 0 Å². The highest BCUT2D eigenvalue weighted by molar-refractivity contribution is 5.24. The third-order valence-electron chi connectivity index (χ3n) is 3.80. The van der Waals surface area contributed by atoms with Crippen LogP contribution in [0.1, 0.15) is 44.0 Å². The molecular weight excluding hydrogens is 305 g/mol. The van der Waals surface area contributed by atoms with Crippen molar-refractivity contribution >= 4 is 0 Å². The molecule has 2 aromatic rings. The number of aromatic nitrogens is 2. The Bertz CT molecular complexity index is 674. The number of benzene rings is 1. The lowest BCUT2D eigenvalue weighted by Gasteiger charge is -2.18. The van der Waals surface area contributed by atoms with Crippen molar-refractivity contribution in [3.8, 4) is 5.88 Å². The van der Waals surface area contributed by atoms with Gasteiger partial charge in [-0.2, -0.15) is 5.10 Å². The van der Waals surface area contributed by atoms with Crippen LogP contribution in [0.4, 0.5) is 4.39 Å². The number of halogens is 1. The summed E-state index contributed by atoms with van der Waals surface area (Å²) in [6.45, 7) is 10.2. The van der Waals surface area contributed by atoms with Crippen molar-refractivity contribution in [3.63, 3.8) is 0 Å². The van der Waals surface area contributed by atoms with Crippen LogP contribution in [0.25, 0.3) is 0 Å². The van der Waals surface area contributed by atoms with E-state index in [0.29, 0.717) is 18.0 Å². The van der Waals surface area contributed by atoms with Gasteiger partial charge in [-0.25, -0.2) is 9.07 Å².